The second-order valence-corrected chi connectivity index (χ2v) is 6.22. The Bertz CT molecular complexity index is 532. The minimum absolute atomic E-state index is 0.0381. The SMILES string of the molecule is CN1CCN(CC(=O)Nc2cc(F)ccc2N)CC1(C)C. The Hall–Kier alpha value is -1.66. The zero-order chi connectivity index (χ0) is 15.6. The molecule has 1 amide bonds. The molecule has 0 radical (unpaired) electrons. The first-order valence-electron chi connectivity index (χ1n) is 7.06. The lowest BCUT2D eigenvalue weighted by atomic mass is 10.00. The third kappa shape index (κ3) is 3.92. The molecule has 2 rings (SSSR count). The number of nitrogens with two attached hydrogens (primary N) is 1. The fraction of sp³-hybridized carbons (Fsp3) is 0.533. The summed E-state index contributed by atoms with van der Waals surface area (Å²) < 4.78 is 13.2. The highest BCUT2D eigenvalue weighted by Gasteiger charge is 2.31. The number of anilines is 2. The molecule has 0 aliphatic carbocycles. The molecule has 1 aliphatic rings. The van der Waals surface area contributed by atoms with Crippen LogP contribution in [0.25, 0.3) is 0 Å². The predicted octanol–water partition coefficient (Wildman–Crippen LogP) is 1.37. The van der Waals surface area contributed by atoms with Gasteiger partial charge in [0.2, 0.25) is 5.91 Å². The summed E-state index contributed by atoms with van der Waals surface area (Å²) >= 11 is 0. The standard InChI is InChI=1S/C15H23FN4O/c1-15(2)10-20(7-6-19(15)3)9-14(21)18-13-8-11(16)4-5-12(13)17/h4-5,8H,6-7,9-10,17H2,1-3H3,(H,18,21). The first kappa shape index (κ1) is 15.7. The summed E-state index contributed by atoms with van der Waals surface area (Å²) in [5.41, 5.74) is 6.46. The molecule has 1 saturated heterocycles. The molecular weight excluding hydrogens is 271 g/mol. The van der Waals surface area contributed by atoms with E-state index >= 15 is 0 Å². The van der Waals surface area contributed by atoms with E-state index < -0.39 is 5.82 Å². The molecule has 0 spiro atoms. The van der Waals surface area contributed by atoms with Gasteiger partial charge in [-0.1, -0.05) is 0 Å². The van der Waals surface area contributed by atoms with Crippen LogP contribution in [0.4, 0.5) is 15.8 Å². The van der Waals surface area contributed by atoms with Crippen LogP contribution in [0.3, 0.4) is 0 Å². The molecule has 5 nitrogen and oxygen atoms in total. The molecule has 0 aromatic heterocycles. The average molecular weight is 294 g/mol. The van der Waals surface area contributed by atoms with Crippen LogP contribution in [-0.4, -0.2) is 54.5 Å². The molecule has 0 atom stereocenters. The Kier molecular flexibility index (Phi) is 4.49. The number of benzene rings is 1. The first-order chi connectivity index (χ1) is 9.78. The van der Waals surface area contributed by atoms with Crippen LogP contribution in [-0.2, 0) is 4.79 Å². The number of piperazine rings is 1. The number of nitrogen functional groups attached to an aromatic ring is 1. The van der Waals surface area contributed by atoms with E-state index in [0.717, 1.165) is 19.6 Å². The van der Waals surface area contributed by atoms with Crippen LogP contribution >= 0.6 is 0 Å². The molecule has 0 bridgehead atoms. The molecule has 21 heavy (non-hydrogen) atoms. The van der Waals surface area contributed by atoms with Gasteiger partial charge in [0.15, 0.2) is 0 Å². The largest absolute Gasteiger partial charge is 0.397 e. The maximum Gasteiger partial charge on any atom is 0.238 e. The van der Waals surface area contributed by atoms with Gasteiger partial charge >= 0.3 is 0 Å². The van der Waals surface area contributed by atoms with Crippen molar-refractivity contribution in [3.63, 3.8) is 0 Å². The van der Waals surface area contributed by atoms with E-state index in [4.69, 9.17) is 5.73 Å². The van der Waals surface area contributed by atoms with Gasteiger partial charge in [-0.2, -0.15) is 0 Å². The van der Waals surface area contributed by atoms with Gasteiger partial charge in [-0.3, -0.25) is 14.6 Å². The molecular formula is C15H23FN4O. The predicted molar refractivity (Wildman–Crippen MR) is 82.6 cm³/mol. The highest BCUT2D eigenvalue weighted by atomic mass is 19.1. The van der Waals surface area contributed by atoms with Crippen molar-refractivity contribution in [1.82, 2.24) is 9.80 Å². The molecule has 1 aromatic carbocycles. The lowest BCUT2D eigenvalue weighted by Crippen LogP contribution is -2.58. The van der Waals surface area contributed by atoms with Crippen molar-refractivity contribution in [2.24, 2.45) is 0 Å². The monoisotopic (exact) mass is 294 g/mol. The molecule has 1 aliphatic heterocycles. The summed E-state index contributed by atoms with van der Waals surface area (Å²) in [5, 5.41) is 2.68. The van der Waals surface area contributed by atoms with Crippen molar-refractivity contribution < 1.29 is 9.18 Å². The van der Waals surface area contributed by atoms with Crippen LogP contribution in [0.15, 0.2) is 18.2 Å². The highest BCUT2D eigenvalue weighted by molar-refractivity contribution is 5.95. The van der Waals surface area contributed by atoms with E-state index in [2.05, 4.69) is 36.0 Å². The van der Waals surface area contributed by atoms with Crippen molar-refractivity contribution >= 4 is 17.3 Å². The van der Waals surface area contributed by atoms with Crippen LogP contribution in [0.5, 0.6) is 0 Å². The lowest BCUT2D eigenvalue weighted by molar-refractivity contribution is -0.118. The summed E-state index contributed by atoms with van der Waals surface area (Å²) in [5.74, 6) is -0.590. The van der Waals surface area contributed by atoms with Gasteiger partial charge in [-0.25, -0.2) is 4.39 Å². The topological polar surface area (TPSA) is 61.6 Å². The number of likely N-dealkylation sites (N-methyl/N-ethyl adjacent to an activating group) is 1. The van der Waals surface area contributed by atoms with Gasteiger partial charge in [-0.05, 0) is 39.1 Å². The van der Waals surface area contributed by atoms with Gasteiger partial charge in [0.25, 0.3) is 0 Å². The maximum atomic E-state index is 13.2. The second kappa shape index (κ2) is 5.99. The number of hydrogen-bond donors (Lipinski definition) is 2. The summed E-state index contributed by atoms with van der Waals surface area (Å²) in [6.45, 7) is 7.17. The van der Waals surface area contributed by atoms with Gasteiger partial charge in [0, 0.05) is 25.2 Å². The van der Waals surface area contributed by atoms with E-state index in [1.165, 1.54) is 18.2 Å². The fourth-order valence-electron chi connectivity index (χ4n) is 2.51. The van der Waals surface area contributed by atoms with E-state index in [0.29, 0.717) is 11.4 Å². The van der Waals surface area contributed by atoms with Crippen molar-refractivity contribution in [2.45, 2.75) is 19.4 Å². The number of nitrogens with zero attached hydrogens (tertiary/aromatic N) is 2. The molecule has 3 N–H and O–H groups in total. The lowest BCUT2D eigenvalue weighted by Gasteiger charge is -2.45. The van der Waals surface area contributed by atoms with Gasteiger partial charge < -0.3 is 11.1 Å². The minimum Gasteiger partial charge on any atom is -0.397 e. The molecule has 116 valence electrons. The van der Waals surface area contributed by atoms with Crippen molar-refractivity contribution in [3.8, 4) is 0 Å². The van der Waals surface area contributed by atoms with Gasteiger partial charge in [0.05, 0.1) is 17.9 Å². The molecule has 1 heterocycles. The number of hydrogen-bond acceptors (Lipinski definition) is 4. The number of rotatable bonds is 3. The van der Waals surface area contributed by atoms with Crippen molar-refractivity contribution in [2.75, 3.05) is 44.3 Å². The molecule has 1 aromatic rings. The summed E-state index contributed by atoms with van der Waals surface area (Å²) in [7, 11) is 2.09. The summed E-state index contributed by atoms with van der Waals surface area (Å²) in [6.07, 6.45) is 0. The quantitative estimate of drug-likeness (QED) is 0.827. The molecule has 0 saturated carbocycles. The average Bonchev–Trinajstić information content (AvgIpc) is 2.38. The first-order valence-corrected chi connectivity index (χ1v) is 7.06. The van der Waals surface area contributed by atoms with Crippen LogP contribution in [0.1, 0.15) is 13.8 Å². The molecule has 0 unspecified atom stereocenters. The Morgan fingerprint density at radius 2 is 2.14 bits per heavy atom. The Morgan fingerprint density at radius 3 is 2.81 bits per heavy atom. The van der Waals surface area contributed by atoms with Crippen molar-refractivity contribution in [1.29, 1.82) is 0 Å². The molecule has 6 heteroatoms. The van der Waals surface area contributed by atoms with E-state index in [1.807, 2.05) is 0 Å². The zero-order valence-electron chi connectivity index (χ0n) is 12.8. The zero-order valence-corrected chi connectivity index (χ0v) is 12.8. The number of carbonyl (C=O) groups excluding carboxylic acids is 1. The molecule has 1 fully saturated rings. The number of amides is 1. The third-order valence-electron chi connectivity index (χ3n) is 4.05. The summed E-state index contributed by atoms with van der Waals surface area (Å²) in [6, 6.07) is 3.96. The van der Waals surface area contributed by atoms with Crippen LogP contribution in [0, 0.1) is 5.82 Å². The van der Waals surface area contributed by atoms with E-state index in [9.17, 15) is 9.18 Å². The normalized spacial score (nSPS) is 19.4. The smallest absolute Gasteiger partial charge is 0.238 e. The second-order valence-electron chi connectivity index (χ2n) is 6.22. The minimum atomic E-state index is -0.416. The van der Waals surface area contributed by atoms with Crippen molar-refractivity contribution in [3.05, 3.63) is 24.0 Å². The number of carbonyl (C=O) groups is 1. The Balaban J connectivity index is 1.95. The summed E-state index contributed by atoms with van der Waals surface area (Å²) in [4.78, 5) is 16.5. The third-order valence-corrected chi connectivity index (χ3v) is 4.05. The van der Waals surface area contributed by atoms with E-state index in [1.54, 1.807) is 0 Å². The Labute approximate surface area is 124 Å². The van der Waals surface area contributed by atoms with Crippen LogP contribution in [0.2, 0.25) is 0 Å². The van der Waals surface area contributed by atoms with Gasteiger partial charge in [0.1, 0.15) is 5.82 Å². The van der Waals surface area contributed by atoms with Crippen LogP contribution < -0.4 is 11.1 Å². The Morgan fingerprint density at radius 1 is 1.43 bits per heavy atom. The van der Waals surface area contributed by atoms with Gasteiger partial charge in [-0.15, -0.1) is 0 Å². The fourth-order valence-corrected chi connectivity index (χ4v) is 2.51. The number of nitrogens with one attached hydrogen (secondary N) is 1. The van der Waals surface area contributed by atoms with E-state index in [-0.39, 0.29) is 18.0 Å². The number of halogens is 1. The highest BCUT2D eigenvalue weighted by Crippen LogP contribution is 2.20. The maximum absolute atomic E-state index is 13.2.